The summed E-state index contributed by atoms with van der Waals surface area (Å²) in [7, 11) is 0. The normalized spacial score (nSPS) is 15.5. The number of nitrogens with two attached hydrogens (primary N) is 1. The van der Waals surface area contributed by atoms with Crippen molar-refractivity contribution in [3.63, 3.8) is 0 Å². The van der Waals surface area contributed by atoms with Crippen molar-refractivity contribution in [2.45, 2.75) is 38.3 Å². The van der Waals surface area contributed by atoms with Crippen molar-refractivity contribution in [3.05, 3.63) is 36.2 Å². The van der Waals surface area contributed by atoms with E-state index in [1.54, 1.807) is 0 Å². The zero-order valence-electron chi connectivity index (χ0n) is 12.4. The summed E-state index contributed by atoms with van der Waals surface area (Å²) >= 11 is 0. The summed E-state index contributed by atoms with van der Waals surface area (Å²) in [6.45, 7) is 0.696. The van der Waals surface area contributed by atoms with Crippen LogP contribution < -0.4 is 5.73 Å². The topological polar surface area (TPSA) is 85.3 Å². The molecule has 116 valence electrons. The average molecular weight is 300 g/mol. The molecule has 0 aliphatic heterocycles. The van der Waals surface area contributed by atoms with Gasteiger partial charge in [-0.25, -0.2) is 0 Å². The molecule has 6 heteroatoms. The second-order valence-corrected chi connectivity index (χ2v) is 5.68. The Balaban J connectivity index is 1.72. The Morgan fingerprint density at radius 1 is 1.23 bits per heavy atom. The summed E-state index contributed by atoms with van der Waals surface area (Å²) < 4.78 is 5.73. The molecular weight excluding hydrogens is 280 g/mol. The summed E-state index contributed by atoms with van der Waals surface area (Å²) in [6.07, 6.45) is 4.57. The van der Waals surface area contributed by atoms with Gasteiger partial charge in [0.15, 0.2) is 0 Å². The van der Waals surface area contributed by atoms with Crippen molar-refractivity contribution in [3.8, 4) is 11.5 Å². The molecule has 1 aliphatic rings. The molecule has 3 rings (SSSR count). The Hall–Kier alpha value is -2.21. The first-order chi connectivity index (χ1) is 10.7. The zero-order chi connectivity index (χ0) is 15.4. The predicted octanol–water partition coefficient (Wildman–Crippen LogP) is 1.97. The standard InChI is InChI=1S/C16H20N4O2/c17-14(21)10-20(13-8-4-5-9-13)11-15-18-19-16(22-15)12-6-2-1-3-7-12/h1-3,6-7,13H,4-5,8-11H2,(H2,17,21). The molecule has 1 amide bonds. The number of nitrogens with zero attached hydrogens (tertiary/aromatic N) is 3. The summed E-state index contributed by atoms with van der Waals surface area (Å²) in [4.78, 5) is 13.4. The van der Waals surface area contributed by atoms with E-state index in [2.05, 4.69) is 15.1 Å². The van der Waals surface area contributed by atoms with Crippen molar-refractivity contribution < 1.29 is 9.21 Å². The highest BCUT2D eigenvalue weighted by atomic mass is 16.4. The maximum absolute atomic E-state index is 11.3. The minimum Gasteiger partial charge on any atom is -0.419 e. The van der Waals surface area contributed by atoms with E-state index in [9.17, 15) is 4.79 Å². The highest BCUT2D eigenvalue weighted by molar-refractivity contribution is 5.75. The average Bonchev–Trinajstić information content (AvgIpc) is 3.19. The summed E-state index contributed by atoms with van der Waals surface area (Å²) in [6, 6.07) is 10.0. The van der Waals surface area contributed by atoms with Crippen molar-refractivity contribution in [2.75, 3.05) is 6.54 Å². The van der Waals surface area contributed by atoms with Crippen LogP contribution in [0.4, 0.5) is 0 Å². The van der Waals surface area contributed by atoms with Crippen LogP contribution >= 0.6 is 0 Å². The fourth-order valence-corrected chi connectivity index (χ4v) is 2.97. The van der Waals surface area contributed by atoms with Crippen LogP contribution in [0.5, 0.6) is 0 Å². The third-order valence-corrected chi connectivity index (χ3v) is 4.03. The zero-order valence-corrected chi connectivity index (χ0v) is 12.4. The first kappa shape index (κ1) is 14.7. The third-order valence-electron chi connectivity index (χ3n) is 4.03. The van der Waals surface area contributed by atoms with E-state index in [0.29, 0.717) is 24.4 Å². The molecule has 22 heavy (non-hydrogen) atoms. The van der Waals surface area contributed by atoms with E-state index in [-0.39, 0.29) is 12.5 Å². The Labute approximate surface area is 129 Å². The van der Waals surface area contributed by atoms with E-state index in [1.807, 2.05) is 30.3 Å². The van der Waals surface area contributed by atoms with E-state index >= 15 is 0 Å². The molecule has 0 unspecified atom stereocenters. The Bertz CT molecular complexity index is 620. The van der Waals surface area contributed by atoms with Gasteiger partial charge >= 0.3 is 0 Å². The molecule has 0 atom stereocenters. The second kappa shape index (κ2) is 6.70. The Kier molecular flexibility index (Phi) is 4.48. The maximum atomic E-state index is 11.3. The van der Waals surface area contributed by atoms with Gasteiger partial charge in [-0.15, -0.1) is 10.2 Å². The fourth-order valence-electron chi connectivity index (χ4n) is 2.97. The molecule has 1 aromatic heterocycles. The number of rotatable bonds is 6. The number of hydrogen-bond acceptors (Lipinski definition) is 5. The molecule has 2 aromatic rings. The lowest BCUT2D eigenvalue weighted by Crippen LogP contribution is -2.39. The number of carbonyl (C=O) groups excluding carboxylic acids is 1. The fraction of sp³-hybridized carbons (Fsp3) is 0.438. The van der Waals surface area contributed by atoms with Crippen molar-refractivity contribution in [1.29, 1.82) is 0 Å². The van der Waals surface area contributed by atoms with Crippen molar-refractivity contribution >= 4 is 5.91 Å². The predicted molar refractivity (Wildman–Crippen MR) is 81.6 cm³/mol. The number of primary amides is 1. The first-order valence-corrected chi connectivity index (χ1v) is 7.62. The van der Waals surface area contributed by atoms with Crippen LogP contribution in [0, 0.1) is 0 Å². The molecule has 1 heterocycles. The minimum absolute atomic E-state index is 0.230. The summed E-state index contributed by atoms with van der Waals surface area (Å²) in [5, 5.41) is 8.19. The number of aromatic nitrogens is 2. The molecular formula is C16H20N4O2. The van der Waals surface area contributed by atoms with E-state index in [1.165, 1.54) is 12.8 Å². The highest BCUT2D eigenvalue weighted by Crippen LogP contribution is 2.25. The SMILES string of the molecule is NC(=O)CN(Cc1nnc(-c2ccccc2)o1)C1CCCC1. The first-order valence-electron chi connectivity index (χ1n) is 7.62. The monoisotopic (exact) mass is 300 g/mol. The van der Waals surface area contributed by atoms with Gasteiger partial charge in [-0.1, -0.05) is 31.0 Å². The lowest BCUT2D eigenvalue weighted by atomic mass is 10.2. The molecule has 0 saturated heterocycles. The number of carbonyl (C=O) groups is 1. The Morgan fingerprint density at radius 3 is 2.64 bits per heavy atom. The Morgan fingerprint density at radius 2 is 1.95 bits per heavy atom. The van der Waals surface area contributed by atoms with Gasteiger partial charge in [0.1, 0.15) is 0 Å². The molecule has 1 aliphatic carbocycles. The van der Waals surface area contributed by atoms with Crippen molar-refractivity contribution in [1.82, 2.24) is 15.1 Å². The minimum atomic E-state index is -0.324. The number of benzene rings is 1. The van der Waals surface area contributed by atoms with Crippen LogP contribution in [0.25, 0.3) is 11.5 Å². The van der Waals surface area contributed by atoms with Gasteiger partial charge in [-0.2, -0.15) is 0 Å². The molecule has 1 saturated carbocycles. The van der Waals surface area contributed by atoms with Crippen LogP contribution in [-0.4, -0.2) is 33.6 Å². The third kappa shape index (κ3) is 3.51. The van der Waals surface area contributed by atoms with Crippen LogP contribution in [0.1, 0.15) is 31.6 Å². The van der Waals surface area contributed by atoms with Gasteiger partial charge in [-0.05, 0) is 25.0 Å². The highest BCUT2D eigenvalue weighted by Gasteiger charge is 2.25. The van der Waals surface area contributed by atoms with Crippen LogP contribution in [0.15, 0.2) is 34.7 Å². The largest absolute Gasteiger partial charge is 0.419 e. The molecule has 0 bridgehead atoms. The molecule has 2 N–H and O–H groups in total. The summed E-state index contributed by atoms with van der Waals surface area (Å²) in [5.41, 5.74) is 6.26. The summed E-state index contributed by atoms with van der Waals surface area (Å²) in [5.74, 6) is 0.697. The lowest BCUT2D eigenvalue weighted by molar-refractivity contribution is -0.119. The van der Waals surface area contributed by atoms with Crippen LogP contribution in [-0.2, 0) is 11.3 Å². The van der Waals surface area contributed by atoms with Gasteiger partial charge in [0.05, 0.1) is 13.1 Å². The molecule has 0 spiro atoms. The molecule has 1 aromatic carbocycles. The van der Waals surface area contributed by atoms with E-state index in [0.717, 1.165) is 18.4 Å². The number of hydrogen-bond donors (Lipinski definition) is 1. The maximum Gasteiger partial charge on any atom is 0.247 e. The van der Waals surface area contributed by atoms with Gasteiger partial charge in [-0.3, -0.25) is 9.69 Å². The van der Waals surface area contributed by atoms with E-state index in [4.69, 9.17) is 10.2 Å². The van der Waals surface area contributed by atoms with Gasteiger partial charge in [0.25, 0.3) is 0 Å². The van der Waals surface area contributed by atoms with Crippen molar-refractivity contribution in [2.24, 2.45) is 5.73 Å². The van der Waals surface area contributed by atoms with Gasteiger partial charge in [0.2, 0.25) is 17.7 Å². The second-order valence-electron chi connectivity index (χ2n) is 5.68. The molecule has 6 nitrogen and oxygen atoms in total. The van der Waals surface area contributed by atoms with Crippen LogP contribution in [0.3, 0.4) is 0 Å². The molecule has 1 fully saturated rings. The van der Waals surface area contributed by atoms with Gasteiger partial charge < -0.3 is 10.2 Å². The van der Waals surface area contributed by atoms with Crippen LogP contribution in [0.2, 0.25) is 0 Å². The smallest absolute Gasteiger partial charge is 0.247 e. The number of amides is 1. The lowest BCUT2D eigenvalue weighted by Gasteiger charge is -2.25. The van der Waals surface area contributed by atoms with E-state index < -0.39 is 0 Å². The van der Waals surface area contributed by atoms with Gasteiger partial charge in [0, 0.05) is 11.6 Å². The molecule has 0 radical (unpaired) electrons. The quantitative estimate of drug-likeness (QED) is 0.881.